The van der Waals surface area contributed by atoms with Gasteiger partial charge in [0.2, 0.25) is 10.0 Å². The molecule has 4 N–H and O–H groups in total. The third-order valence-electron chi connectivity index (χ3n) is 4.32. The zero-order chi connectivity index (χ0) is 21.3. The summed E-state index contributed by atoms with van der Waals surface area (Å²) in [5.74, 6) is -2.64. The Kier molecular flexibility index (Phi) is 5.78. The van der Waals surface area contributed by atoms with Crippen molar-refractivity contribution >= 4 is 33.6 Å². The fourth-order valence-electron chi connectivity index (χ4n) is 2.86. The number of aryl methyl sites for hydroxylation is 1. The smallest absolute Gasteiger partial charge is 0.314 e. The molecule has 2 heterocycles. The van der Waals surface area contributed by atoms with Crippen LogP contribution in [0.15, 0.2) is 24.7 Å². The minimum Gasteiger partial charge on any atom is -0.351 e. The molecule has 0 aliphatic carbocycles. The monoisotopic (exact) mass is 444 g/mol. The maximum absolute atomic E-state index is 14.3. The number of benzene rings is 1. The van der Waals surface area contributed by atoms with Gasteiger partial charge in [-0.25, -0.2) is 22.6 Å². The number of nitrogens with two attached hydrogens (primary N) is 1. The molecule has 1 saturated heterocycles. The molecular weight excluding hydrogens is 427 g/mol. The van der Waals surface area contributed by atoms with E-state index in [0.29, 0.717) is 11.3 Å². The number of urea groups is 1. The molecule has 3 rings (SSSR count). The van der Waals surface area contributed by atoms with Crippen LogP contribution < -0.4 is 16.0 Å². The van der Waals surface area contributed by atoms with E-state index in [1.165, 1.54) is 23.4 Å². The Morgan fingerprint density at radius 3 is 2.66 bits per heavy atom. The molecule has 10 nitrogen and oxygen atoms in total. The van der Waals surface area contributed by atoms with Gasteiger partial charge in [0.05, 0.1) is 28.4 Å². The summed E-state index contributed by atoms with van der Waals surface area (Å²) in [6.45, 7) is 0.418. The van der Waals surface area contributed by atoms with Gasteiger partial charge < -0.3 is 15.2 Å². The summed E-state index contributed by atoms with van der Waals surface area (Å²) in [6.07, 6.45) is 3.18. The quantitative estimate of drug-likeness (QED) is 0.555. The number of halogens is 2. The Balaban J connectivity index is 1.67. The second kappa shape index (κ2) is 7.97. The van der Waals surface area contributed by atoms with Crippen molar-refractivity contribution in [2.75, 3.05) is 18.8 Å². The summed E-state index contributed by atoms with van der Waals surface area (Å²) in [6, 6.07) is 1.92. The zero-order valence-electron chi connectivity index (χ0n) is 15.2. The number of nitrogens with zero attached hydrogens (tertiary/aromatic N) is 3. The second-order valence-corrected chi connectivity index (χ2v) is 8.86. The number of primary amides is 1. The minimum absolute atomic E-state index is 0.209. The van der Waals surface area contributed by atoms with E-state index in [4.69, 9.17) is 17.3 Å². The topological polar surface area (TPSA) is 139 Å². The Morgan fingerprint density at radius 2 is 2.07 bits per heavy atom. The van der Waals surface area contributed by atoms with Crippen molar-refractivity contribution in [1.29, 1.82) is 0 Å². The third-order valence-corrected chi connectivity index (χ3v) is 5.92. The van der Waals surface area contributed by atoms with Crippen molar-refractivity contribution in [2.45, 2.75) is 0 Å². The summed E-state index contributed by atoms with van der Waals surface area (Å²) < 4.78 is 40.2. The van der Waals surface area contributed by atoms with E-state index in [0.717, 1.165) is 0 Å². The summed E-state index contributed by atoms with van der Waals surface area (Å²) in [7, 11) is -2.16. The number of sulfonamides is 1. The second-order valence-electron chi connectivity index (χ2n) is 6.69. The van der Waals surface area contributed by atoms with E-state index in [9.17, 15) is 22.4 Å². The van der Waals surface area contributed by atoms with E-state index in [1.54, 1.807) is 17.8 Å². The molecule has 0 spiro atoms. The highest BCUT2D eigenvalue weighted by atomic mass is 35.5. The first kappa shape index (κ1) is 21.0. The van der Waals surface area contributed by atoms with Crippen LogP contribution >= 0.6 is 11.6 Å². The minimum atomic E-state index is -3.91. The van der Waals surface area contributed by atoms with E-state index >= 15 is 0 Å². The average Bonchev–Trinajstić information content (AvgIpc) is 3.04. The molecule has 0 saturated carbocycles. The van der Waals surface area contributed by atoms with Gasteiger partial charge in [0.25, 0.3) is 5.91 Å². The number of likely N-dealkylation sites (tertiary alicyclic amines) is 1. The van der Waals surface area contributed by atoms with E-state index in [-0.39, 0.29) is 29.8 Å². The average molecular weight is 445 g/mol. The highest BCUT2D eigenvalue weighted by molar-refractivity contribution is 7.89. The number of hydrogen-bond donors (Lipinski definition) is 3. The Hall–Kier alpha value is -2.70. The number of nitrogens with one attached hydrogen (secondary N) is 2. The van der Waals surface area contributed by atoms with Crippen molar-refractivity contribution in [2.24, 2.45) is 18.7 Å². The number of carbonyl (C=O) groups excluding carboxylic acids is 2. The number of hydrogen-bond acceptors (Lipinski definition) is 5. The lowest BCUT2D eigenvalue weighted by atomic mass is 10.0. The van der Waals surface area contributed by atoms with Gasteiger partial charge in [0.15, 0.2) is 5.82 Å². The molecule has 0 atom stereocenters. The summed E-state index contributed by atoms with van der Waals surface area (Å²) in [4.78, 5) is 30.6. The molecule has 3 amide bonds. The Labute approximate surface area is 170 Å². The largest absolute Gasteiger partial charge is 0.351 e. The Bertz CT molecular complexity index is 1070. The van der Waals surface area contributed by atoms with Crippen LogP contribution in [0.4, 0.5) is 9.18 Å². The van der Waals surface area contributed by atoms with Crippen molar-refractivity contribution in [3.63, 3.8) is 0 Å². The molecule has 1 aromatic heterocycles. The molecule has 1 aliphatic heterocycles. The molecule has 1 aliphatic rings. The number of rotatable bonds is 6. The van der Waals surface area contributed by atoms with Gasteiger partial charge in [-0.2, -0.15) is 0 Å². The van der Waals surface area contributed by atoms with Gasteiger partial charge >= 0.3 is 6.03 Å². The van der Waals surface area contributed by atoms with Crippen molar-refractivity contribution in [3.8, 4) is 11.3 Å². The van der Waals surface area contributed by atoms with Crippen LogP contribution in [0.3, 0.4) is 0 Å². The van der Waals surface area contributed by atoms with Crippen LogP contribution in [0.25, 0.3) is 11.3 Å². The summed E-state index contributed by atoms with van der Waals surface area (Å²) in [5, 5.41) is -0.304. The van der Waals surface area contributed by atoms with Crippen LogP contribution in [0.5, 0.6) is 0 Å². The molecule has 13 heteroatoms. The molecule has 1 aromatic carbocycles. The van der Waals surface area contributed by atoms with E-state index in [1.807, 2.05) is 10.3 Å². The van der Waals surface area contributed by atoms with E-state index in [2.05, 4.69) is 4.98 Å². The molecule has 29 heavy (non-hydrogen) atoms. The predicted octanol–water partition coefficient (Wildman–Crippen LogP) is 0.454. The predicted molar refractivity (Wildman–Crippen MR) is 103 cm³/mol. The lowest BCUT2D eigenvalue weighted by molar-refractivity contribution is 0.0940. The maximum atomic E-state index is 14.3. The van der Waals surface area contributed by atoms with Crippen LogP contribution in [-0.2, 0) is 17.1 Å². The van der Waals surface area contributed by atoms with Crippen molar-refractivity contribution < 1.29 is 22.4 Å². The van der Waals surface area contributed by atoms with Gasteiger partial charge in [-0.05, 0) is 12.1 Å². The highest BCUT2D eigenvalue weighted by Gasteiger charge is 2.33. The number of imidazole rings is 1. The van der Waals surface area contributed by atoms with Gasteiger partial charge in [-0.3, -0.25) is 10.2 Å². The third kappa shape index (κ3) is 4.83. The zero-order valence-corrected chi connectivity index (χ0v) is 16.8. The Morgan fingerprint density at radius 1 is 1.38 bits per heavy atom. The number of hydrazine groups is 1. The van der Waals surface area contributed by atoms with Crippen LogP contribution in [0, 0.1) is 11.7 Å². The van der Waals surface area contributed by atoms with Crippen LogP contribution in [0.2, 0.25) is 5.02 Å². The van der Waals surface area contributed by atoms with Gasteiger partial charge in [-0.15, -0.1) is 4.83 Å². The number of amides is 3. The van der Waals surface area contributed by atoms with Gasteiger partial charge in [-0.1, -0.05) is 11.6 Å². The first-order valence-corrected chi connectivity index (χ1v) is 10.4. The maximum Gasteiger partial charge on any atom is 0.314 e. The van der Waals surface area contributed by atoms with Gasteiger partial charge in [0, 0.05) is 37.8 Å². The first-order chi connectivity index (χ1) is 13.6. The molecule has 0 bridgehead atoms. The fraction of sp³-hybridized carbons (Fsp3) is 0.312. The van der Waals surface area contributed by atoms with Crippen molar-refractivity contribution in [3.05, 3.63) is 41.1 Å². The molecule has 0 unspecified atom stereocenters. The van der Waals surface area contributed by atoms with Crippen LogP contribution in [-0.4, -0.2) is 53.6 Å². The summed E-state index contributed by atoms with van der Waals surface area (Å²) in [5.41, 5.74) is 7.47. The van der Waals surface area contributed by atoms with Crippen LogP contribution in [0.1, 0.15) is 10.4 Å². The molecule has 156 valence electrons. The standard InChI is InChI=1S/C16H18ClFN6O4S/c1-23-6-13(20-8-23)10-2-11(14(18)12(17)3-10)15(25)21-22-29(27,28)7-9-4-24(5-9)16(19)26/h2-3,6,8-9,22H,4-5,7H2,1H3,(H2,19,26)(H,21,25). The SMILES string of the molecule is Cn1cnc(-c2cc(Cl)c(F)c(C(=O)NNS(=O)(=O)CC3CN(C(N)=O)C3)c2)c1. The van der Waals surface area contributed by atoms with Crippen molar-refractivity contribution in [1.82, 2.24) is 24.7 Å². The lowest BCUT2D eigenvalue weighted by Crippen LogP contribution is -2.56. The summed E-state index contributed by atoms with van der Waals surface area (Å²) >= 11 is 5.87. The lowest BCUT2D eigenvalue weighted by Gasteiger charge is -2.37. The fourth-order valence-corrected chi connectivity index (χ4v) is 4.24. The van der Waals surface area contributed by atoms with E-state index < -0.39 is 33.3 Å². The number of aromatic nitrogens is 2. The first-order valence-electron chi connectivity index (χ1n) is 8.37. The number of carbonyl (C=O) groups is 2. The molecule has 0 radical (unpaired) electrons. The highest BCUT2D eigenvalue weighted by Crippen LogP contribution is 2.27. The normalized spacial score (nSPS) is 14.5. The molecule has 1 fully saturated rings. The molecular formula is C16H18ClFN6O4S. The van der Waals surface area contributed by atoms with Gasteiger partial charge in [0.1, 0.15) is 0 Å². The molecule has 2 aromatic rings.